The van der Waals surface area contributed by atoms with Gasteiger partial charge in [-0.3, -0.25) is 9.48 Å². The van der Waals surface area contributed by atoms with Crippen molar-refractivity contribution in [2.75, 3.05) is 41.8 Å². The van der Waals surface area contributed by atoms with Gasteiger partial charge in [0.05, 0.1) is 36.0 Å². The number of morpholine rings is 1. The molecule has 156 valence electrons. The van der Waals surface area contributed by atoms with Gasteiger partial charge < -0.3 is 20.3 Å². The Bertz CT molecular complexity index is 1100. The number of nitrogens with zero attached hydrogens (tertiary/aromatic N) is 3. The highest BCUT2D eigenvalue weighted by atomic mass is 32.1. The SMILES string of the molecule is Cc1c(NC(=S)Nc2ccccc2N2CCOCC2)c(=O)n(-c2ccccc2)n1C. The number of hydrogen-bond acceptors (Lipinski definition) is 4. The Balaban J connectivity index is 1.57. The zero-order valence-electron chi connectivity index (χ0n) is 17.1. The normalized spacial score (nSPS) is 13.9. The molecule has 1 aliphatic heterocycles. The van der Waals surface area contributed by atoms with Gasteiger partial charge in [0.25, 0.3) is 5.56 Å². The first-order valence-electron chi connectivity index (χ1n) is 9.90. The summed E-state index contributed by atoms with van der Waals surface area (Å²) in [5.41, 5.74) is 3.88. The molecule has 1 fully saturated rings. The molecule has 8 heteroatoms. The smallest absolute Gasteiger partial charge is 0.295 e. The molecule has 0 saturated carbocycles. The van der Waals surface area contributed by atoms with Crippen molar-refractivity contribution in [1.82, 2.24) is 9.36 Å². The largest absolute Gasteiger partial charge is 0.378 e. The van der Waals surface area contributed by atoms with Crippen LogP contribution in [0.25, 0.3) is 5.69 Å². The molecule has 4 rings (SSSR count). The molecule has 7 nitrogen and oxygen atoms in total. The second-order valence-electron chi connectivity index (χ2n) is 7.13. The Labute approximate surface area is 180 Å². The number of ether oxygens (including phenoxy) is 1. The maximum absolute atomic E-state index is 13.1. The maximum atomic E-state index is 13.1. The summed E-state index contributed by atoms with van der Waals surface area (Å²) in [4.78, 5) is 15.4. The summed E-state index contributed by atoms with van der Waals surface area (Å²) in [6.07, 6.45) is 0. The number of hydrogen-bond donors (Lipinski definition) is 2. The van der Waals surface area contributed by atoms with Crippen LogP contribution < -0.4 is 21.1 Å². The van der Waals surface area contributed by atoms with Gasteiger partial charge in [0.15, 0.2) is 5.11 Å². The molecule has 2 heterocycles. The summed E-state index contributed by atoms with van der Waals surface area (Å²) in [5, 5.41) is 6.75. The zero-order chi connectivity index (χ0) is 21.1. The summed E-state index contributed by atoms with van der Waals surface area (Å²) in [6.45, 7) is 4.98. The minimum absolute atomic E-state index is 0.146. The molecule has 0 bridgehead atoms. The number of benzene rings is 2. The third kappa shape index (κ3) is 3.96. The Morgan fingerprint density at radius 1 is 1.00 bits per heavy atom. The Hall–Kier alpha value is -3.10. The van der Waals surface area contributed by atoms with Gasteiger partial charge in [-0.25, -0.2) is 4.68 Å². The molecule has 30 heavy (non-hydrogen) atoms. The van der Waals surface area contributed by atoms with Crippen molar-refractivity contribution in [3.63, 3.8) is 0 Å². The van der Waals surface area contributed by atoms with Gasteiger partial charge in [-0.05, 0) is 43.4 Å². The van der Waals surface area contributed by atoms with Crippen LogP contribution in [0.2, 0.25) is 0 Å². The van der Waals surface area contributed by atoms with Gasteiger partial charge in [-0.2, -0.15) is 0 Å². The molecule has 1 aromatic heterocycles. The van der Waals surface area contributed by atoms with E-state index < -0.39 is 0 Å². The summed E-state index contributed by atoms with van der Waals surface area (Å²) in [6, 6.07) is 17.6. The molecule has 1 aliphatic rings. The molecule has 0 atom stereocenters. The van der Waals surface area contributed by atoms with Gasteiger partial charge in [-0.1, -0.05) is 30.3 Å². The molecule has 1 saturated heterocycles. The van der Waals surface area contributed by atoms with E-state index in [0.717, 1.165) is 35.8 Å². The molecule has 0 radical (unpaired) electrons. The highest BCUT2D eigenvalue weighted by Gasteiger charge is 2.18. The fourth-order valence-corrected chi connectivity index (χ4v) is 3.85. The van der Waals surface area contributed by atoms with Crippen LogP contribution in [0.5, 0.6) is 0 Å². The minimum Gasteiger partial charge on any atom is -0.378 e. The lowest BCUT2D eigenvalue weighted by Gasteiger charge is -2.30. The summed E-state index contributed by atoms with van der Waals surface area (Å²) in [5.74, 6) is 0. The molecular weight excluding hydrogens is 398 g/mol. The van der Waals surface area contributed by atoms with Gasteiger partial charge in [0.2, 0.25) is 0 Å². The Morgan fingerprint density at radius 3 is 2.40 bits per heavy atom. The van der Waals surface area contributed by atoms with Crippen LogP contribution in [0.3, 0.4) is 0 Å². The van der Waals surface area contributed by atoms with Gasteiger partial charge >= 0.3 is 0 Å². The maximum Gasteiger partial charge on any atom is 0.295 e. The van der Waals surface area contributed by atoms with Crippen LogP contribution in [0.15, 0.2) is 59.4 Å². The number of anilines is 3. The molecule has 2 N–H and O–H groups in total. The predicted octanol–water partition coefficient (Wildman–Crippen LogP) is 3.13. The second-order valence-corrected chi connectivity index (χ2v) is 7.54. The van der Waals surface area contributed by atoms with E-state index in [1.807, 2.05) is 67.2 Å². The first kappa shape index (κ1) is 20.2. The molecule has 0 amide bonds. The van der Waals surface area contributed by atoms with Gasteiger partial charge in [0, 0.05) is 20.1 Å². The first-order valence-corrected chi connectivity index (χ1v) is 10.3. The van der Waals surface area contributed by atoms with Crippen LogP contribution in [-0.2, 0) is 11.8 Å². The fourth-order valence-electron chi connectivity index (χ4n) is 3.64. The van der Waals surface area contributed by atoms with E-state index in [-0.39, 0.29) is 5.56 Å². The lowest BCUT2D eigenvalue weighted by atomic mass is 10.2. The van der Waals surface area contributed by atoms with E-state index in [2.05, 4.69) is 21.6 Å². The van der Waals surface area contributed by atoms with E-state index in [1.54, 1.807) is 4.68 Å². The molecular formula is C22H25N5O2S. The average Bonchev–Trinajstić information content (AvgIpc) is 2.98. The van der Waals surface area contributed by atoms with Crippen molar-refractivity contribution in [1.29, 1.82) is 0 Å². The van der Waals surface area contributed by atoms with Crippen LogP contribution >= 0.6 is 12.2 Å². The van der Waals surface area contributed by atoms with Crippen LogP contribution in [0.4, 0.5) is 17.1 Å². The van der Waals surface area contributed by atoms with Crippen molar-refractivity contribution in [3.05, 3.63) is 70.6 Å². The monoisotopic (exact) mass is 423 g/mol. The van der Waals surface area contributed by atoms with Crippen LogP contribution in [0, 0.1) is 6.92 Å². The molecule has 2 aromatic carbocycles. The third-order valence-corrected chi connectivity index (χ3v) is 5.50. The highest BCUT2D eigenvalue weighted by molar-refractivity contribution is 7.80. The quantitative estimate of drug-likeness (QED) is 0.629. The van der Waals surface area contributed by atoms with Crippen molar-refractivity contribution in [3.8, 4) is 5.69 Å². The van der Waals surface area contributed by atoms with Gasteiger partial charge in [-0.15, -0.1) is 0 Å². The molecule has 3 aromatic rings. The standard InChI is InChI=1S/C22H25N5O2S/c1-16-20(21(28)27(25(16)2)17-8-4-3-5-9-17)24-22(30)23-18-10-6-7-11-19(18)26-12-14-29-15-13-26/h3-11H,12-15H2,1-2H3,(H2,23,24,30). The molecule has 0 unspecified atom stereocenters. The van der Waals surface area contributed by atoms with E-state index in [4.69, 9.17) is 17.0 Å². The number of rotatable bonds is 4. The molecule has 0 spiro atoms. The van der Waals surface area contributed by atoms with Crippen LogP contribution in [0.1, 0.15) is 5.69 Å². The number of aromatic nitrogens is 2. The lowest BCUT2D eigenvalue weighted by Crippen LogP contribution is -2.37. The van der Waals surface area contributed by atoms with Crippen molar-refractivity contribution in [2.24, 2.45) is 7.05 Å². The summed E-state index contributed by atoms with van der Waals surface area (Å²) < 4.78 is 8.91. The Kier molecular flexibility index (Phi) is 5.87. The van der Waals surface area contributed by atoms with E-state index in [9.17, 15) is 4.79 Å². The lowest BCUT2D eigenvalue weighted by molar-refractivity contribution is 0.123. The number of nitrogens with one attached hydrogen (secondary N) is 2. The van der Waals surface area contributed by atoms with E-state index in [1.165, 1.54) is 0 Å². The number of thiocarbonyl (C=S) groups is 1. The number of para-hydroxylation sites is 3. The summed E-state index contributed by atoms with van der Waals surface area (Å²) in [7, 11) is 1.86. The summed E-state index contributed by atoms with van der Waals surface area (Å²) >= 11 is 5.54. The molecule has 0 aliphatic carbocycles. The second kappa shape index (κ2) is 8.73. The zero-order valence-corrected chi connectivity index (χ0v) is 17.9. The highest BCUT2D eigenvalue weighted by Crippen LogP contribution is 2.26. The predicted molar refractivity (Wildman–Crippen MR) is 125 cm³/mol. The Morgan fingerprint density at radius 2 is 1.67 bits per heavy atom. The van der Waals surface area contributed by atoms with Crippen LogP contribution in [-0.4, -0.2) is 40.8 Å². The van der Waals surface area contributed by atoms with Crippen molar-refractivity contribution in [2.45, 2.75) is 6.92 Å². The van der Waals surface area contributed by atoms with Crippen molar-refractivity contribution >= 4 is 34.4 Å². The van der Waals surface area contributed by atoms with Gasteiger partial charge in [0.1, 0.15) is 5.69 Å². The third-order valence-electron chi connectivity index (χ3n) is 5.30. The van der Waals surface area contributed by atoms with E-state index >= 15 is 0 Å². The van der Waals surface area contributed by atoms with Crippen molar-refractivity contribution < 1.29 is 4.74 Å². The average molecular weight is 424 g/mol. The fraction of sp³-hybridized carbons (Fsp3) is 0.273. The first-order chi connectivity index (χ1) is 14.6. The topological polar surface area (TPSA) is 63.5 Å². The minimum atomic E-state index is -0.146. The van der Waals surface area contributed by atoms with E-state index in [0.29, 0.717) is 24.0 Å².